The van der Waals surface area contributed by atoms with Crippen molar-refractivity contribution in [3.8, 4) is 11.5 Å². The summed E-state index contributed by atoms with van der Waals surface area (Å²) in [5.74, 6) is -0.0530. The number of aromatic nitrogens is 2. The number of hydrogen-bond acceptors (Lipinski definition) is 3. The number of alkyl halides is 3. The standard InChI is InChI=1S/C23H19F3N2O3/c1-14-20(31-22(27-14)15-6-8-17(9-7-15)23(24,25)26)10-11-28-18(13-21(29)30)12-16-4-2-3-5-19(16)28/h2-9,12H,10-11,13H2,1H3,(H,29,30). The maximum Gasteiger partial charge on any atom is 0.416 e. The fraction of sp³-hybridized carbons (Fsp3) is 0.217. The third-order valence-corrected chi connectivity index (χ3v) is 5.14. The van der Waals surface area contributed by atoms with Gasteiger partial charge in [-0.25, -0.2) is 4.98 Å². The highest BCUT2D eigenvalue weighted by Gasteiger charge is 2.30. The van der Waals surface area contributed by atoms with Crippen molar-refractivity contribution < 1.29 is 27.5 Å². The summed E-state index contributed by atoms with van der Waals surface area (Å²) in [6, 6.07) is 14.2. The maximum atomic E-state index is 12.8. The number of carbonyl (C=O) groups is 1. The quantitative estimate of drug-likeness (QED) is 0.441. The first kappa shape index (κ1) is 20.7. The van der Waals surface area contributed by atoms with E-state index in [4.69, 9.17) is 4.42 Å². The minimum Gasteiger partial charge on any atom is -0.481 e. The number of oxazole rings is 1. The number of para-hydroxylation sites is 1. The molecular formula is C23H19F3N2O3. The zero-order valence-electron chi connectivity index (χ0n) is 16.6. The molecule has 2 aromatic carbocycles. The molecule has 0 spiro atoms. The van der Waals surface area contributed by atoms with E-state index in [1.807, 2.05) is 34.9 Å². The Morgan fingerprint density at radius 1 is 1.13 bits per heavy atom. The average molecular weight is 428 g/mol. The zero-order valence-corrected chi connectivity index (χ0v) is 16.6. The van der Waals surface area contributed by atoms with Gasteiger partial charge in [-0.3, -0.25) is 4.79 Å². The SMILES string of the molecule is Cc1nc(-c2ccc(C(F)(F)F)cc2)oc1CCn1c(CC(=O)O)cc2ccccc21. The molecule has 0 aliphatic rings. The van der Waals surface area contributed by atoms with Crippen molar-refractivity contribution in [1.29, 1.82) is 0 Å². The van der Waals surface area contributed by atoms with Crippen LogP contribution in [0.5, 0.6) is 0 Å². The first-order chi connectivity index (χ1) is 14.7. The Kier molecular flexibility index (Phi) is 5.31. The number of aryl methyl sites for hydroxylation is 3. The molecule has 0 aliphatic carbocycles. The van der Waals surface area contributed by atoms with Crippen LogP contribution in [0.4, 0.5) is 13.2 Å². The van der Waals surface area contributed by atoms with E-state index in [9.17, 15) is 23.1 Å². The summed E-state index contributed by atoms with van der Waals surface area (Å²) in [7, 11) is 0. The molecule has 0 bridgehead atoms. The first-order valence-corrected chi connectivity index (χ1v) is 9.65. The summed E-state index contributed by atoms with van der Waals surface area (Å²) in [5, 5.41) is 10.2. The van der Waals surface area contributed by atoms with Crippen LogP contribution >= 0.6 is 0 Å². The highest BCUT2D eigenvalue weighted by Crippen LogP contribution is 2.31. The minimum absolute atomic E-state index is 0.0964. The molecule has 0 saturated heterocycles. The lowest BCUT2D eigenvalue weighted by Crippen LogP contribution is -2.10. The Balaban J connectivity index is 1.58. The van der Waals surface area contributed by atoms with Crippen LogP contribution in [0.2, 0.25) is 0 Å². The molecule has 5 nitrogen and oxygen atoms in total. The van der Waals surface area contributed by atoms with Gasteiger partial charge in [0.1, 0.15) is 5.76 Å². The number of nitrogens with zero attached hydrogens (tertiary/aromatic N) is 2. The molecule has 31 heavy (non-hydrogen) atoms. The van der Waals surface area contributed by atoms with E-state index in [0.29, 0.717) is 35.7 Å². The van der Waals surface area contributed by atoms with Crippen LogP contribution in [0.1, 0.15) is 22.7 Å². The third-order valence-electron chi connectivity index (χ3n) is 5.14. The number of aliphatic carboxylic acids is 1. The lowest BCUT2D eigenvalue weighted by atomic mass is 10.1. The van der Waals surface area contributed by atoms with Crippen LogP contribution in [0.15, 0.2) is 59.0 Å². The summed E-state index contributed by atoms with van der Waals surface area (Å²) in [6.07, 6.45) is -4.03. The van der Waals surface area contributed by atoms with E-state index in [1.165, 1.54) is 12.1 Å². The monoisotopic (exact) mass is 428 g/mol. The number of fused-ring (bicyclic) bond motifs is 1. The fourth-order valence-corrected chi connectivity index (χ4v) is 3.63. The van der Waals surface area contributed by atoms with Crippen molar-refractivity contribution in [2.45, 2.75) is 32.5 Å². The normalized spacial score (nSPS) is 11.9. The number of carboxylic acids is 1. The predicted molar refractivity (Wildman–Crippen MR) is 109 cm³/mol. The highest BCUT2D eigenvalue weighted by molar-refractivity contribution is 5.83. The molecule has 0 amide bonds. The fourth-order valence-electron chi connectivity index (χ4n) is 3.63. The van der Waals surface area contributed by atoms with E-state index >= 15 is 0 Å². The first-order valence-electron chi connectivity index (χ1n) is 9.65. The van der Waals surface area contributed by atoms with Gasteiger partial charge in [0.05, 0.1) is 17.7 Å². The van der Waals surface area contributed by atoms with Crippen molar-refractivity contribution in [3.63, 3.8) is 0 Å². The van der Waals surface area contributed by atoms with Gasteiger partial charge in [0.25, 0.3) is 0 Å². The van der Waals surface area contributed by atoms with Crippen molar-refractivity contribution >= 4 is 16.9 Å². The molecule has 2 heterocycles. The van der Waals surface area contributed by atoms with Crippen LogP contribution < -0.4 is 0 Å². The largest absolute Gasteiger partial charge is 0.481 e. The second-order valence-corrected chi connectivity index (χ2v) is 7.27. The van der Waals surface area contributed by atoms with E-state index < -0.39 is 17.7 Å². The molecule has 0 radical (unpaired) electrons. The molecule has 0 saturated carbocycles. The summed E-state index contributed by atoms with van der Waals surface area (Å²) < 4.78 is 46.1. The number of benzene rings is 2. The van der Waals surface area contributed by atoms with E-state index in [1.54, 1.807) is 6.92 Å². The van der Waals surface area contributed by atoms with E-state index in [0.717, 1.165) is 23.0 Å². The van der Waals surface area contributed by atoms with Gasteiger partial charge < -0.3 is 14.1 Å². The molecule has 4 rings (SSSR count). The summed E-state index contributed by atoms with van der Waals surface area (Å²) in [5.41, 5.74) is 1.99. The second-order valence-electron chi connectivity index (χ2n) is 7.27. The van der Waals surface area contributed by atoms with E-state index in [2.05, 4.69) is 4.98 Å². The minimum atomic E-state index is -4.40. The Morgan fingerprint density at radius 3 is 2.52 bits per heavy atom. The molecule has 160 valence electrons. The smallest absolute Gasteiger partial charge is 0.416 e. The van der Waals surface area contributed by atoms with Gasteiger partial charge in [0, 0.05) is 29.7 Å². The lowest BCUT2D eigenvalue weighted by molar-refractivity contribution is -0.138. The van der Waals surface area contributed by atoms with Crippen LogP contribution in [-0.2, 0) is 30.4 Å². The van der Waals surface area contributed by atoms with Crippen molar-refractivity contribution in [3.05, 3.63) is 77.3 Å². The van der Waals surface area contributed by atoms with Gasteiger partial charge in [-0.1, -0.05) is 18.2 Å². The maximum absolute atomic E-state index is 12.8. The Bertz CT molecular complexity index is 1240. The summed E-state index contributed by atoms with van der Waals surface area (Å²) in [4.78, 5) is 15.6. The van der Waals surface area contributed by atoms with Gasteiger partial charge in [0.2, 0.25) is 5.89 Å². The molecule has 0 atom stereocenters. The van der Waals surface area contributed by atoms with Gasteiger partial charge in [-0.05, 0) is 48.7 Å². The number of rotatable bonds is 6. The predicted octanol–water partition coefficient (Wildman–Crippen LogP) is 5.49. The van der Waals surface area contributed by atoms with Crippen LogP contribution in [-0.4, -0.2) is 20.6 Å². The molecule has 1 N–H and O–H groups in total. The lowest BCUT2D eigenvalue weighted by Gasteiger charge is -2.09. The molecule has 4 aromatic rings. The van der Waals surface area contributed by atoms with Crippen molar-refractivity contribution in [2.75, 3.05) is 0 Å². The van der Waals surface area contributed by atoms with Crippen molar-refractivity contribution in [1.82, 2.24) is 9.55 Å². The molecular weight excluding hydrogens is 409 g/mol. The molecule has 8 heteroatoms. The number of carboxylic acid groups (broad SMARTS) is 1. The molecule has 0 unspecified atom stereocenters. The summed E-state index contributed by atoms with van der Waals surface area (Å²) in [6.45, 7) is 2.26. The topological polar surface area (TPSA) is 68.3 Å². The Labute approximate surface area is 175 Å². The number of hydrogen-bond donors (Lipinski definition) is 1. The van der Waals surface area contributed by atoms with Crippen molar-refractivity contribution in [2.24, 2.45) is 0 Å². The highest BCUT2D eigenvalue weighted by atomic mass is 19.4. The van der Waals surface area contributed by atoms with E-state index in [-0.39, 0.29) is 12.3 Å². The number of halogens is 3. The van der Waals surface area contributed by atoms with Gasteiger partial charge in [-0.2, -0.15) is 13.2 Å². The van der Waals surface area contributed by atoms with Crippen LogP contribution in [0, 0.1) is 6.92 Å². The van der Waals surface area contributed by atoms with Gasteiger partial charge >= 0.3 is 12.1 Å². The molecule has 2 aromatic heterocycles. The Morgan fingerprint density at radius 2 is 1.84 bits per heavy atom. The Hall–Kier alpha value is -3.55. The van der Waals surface area contributed by atoms with Crippen LogP contribution in [0.25, 0.3) is 22.4 Å². The van der Waals surface area contributed by atoms with Gasteiger partial charge in [-0.15, -0.1) is 0 Å². The van der Waals surface area contributed by atoms with Gasteiger partial charge in [0.15, 0.2) is 0 Å². The van der Waals surface area contributed by atoms with Crippen LogP contribution in [0.3, 0.4) is 0 Å². The third kappa shape index (κ3) is 4.33. The zero-order chi connectivity index (χ0) is 22.2. The molecule has 0 fully saturated rings. The second kappa shape index (κ2) is 7.94. The average Bonchev–Trinajstić information content (AvgIpc) is 3.25. The molecule has 0 aliphatic heterocycles. The summed E-state index contributed by atoms with van der Waals surface area (Å²) >= 11 is 0.